The highest BCUT2D eigenvalue weighted by atomic mass is 32.1. The van der Waals surface area contributed by atoms with Gasteiger partial charge in [0.25, 0.3) is 0 Å². The van der Waals surface area contributed by atoms with E-state index in [2.05, 4.69) is 26.5 Å². The first-order valence-corrected chi connectivity index (χ1v) is 4.40. The van der Waals surface area contributed by atoms with Crippen molar-refractivity contribution in [2.24, 2.45) is 5.41 Å². The van der Waals surface area contributed by atoms with Crippen molar-refractivity contribution in [3.63, 3.8) is 0 Å². The fourth-order valence-electron chi connectivity index (χ4n) is 1.40. The molecule has 0 aliphatic heterocycles. The maximum atomic E-state index is 9.56. The van der Waals surface area contributed by atoms with Crippen molar-refractivity contribution >= 4 is 12.6 Å². The Morgan fingerprint density at radius 2 is 2.10 bits per heavy atom. The predicted octanol–water partition coefficient (Wildman–Crippen LogP) is 1.86. The molecule has 1 N–H and O–H groups in total. The molecule has 0 radical (unpaired) electrons. The van der Waals surface area contributed by atoms with Gasteiger partial charge in [0.1, 0.15) is 0 Å². The van der Waals surface area contributed by atoms with Crippen LogP contribution in [0.15, 0.2) is 0 Å². The molecule has 2 heteroatoms. The second-order valence-electron chi connectivity index (χ2n) is 3.93. The topological polar surface area (TPSA) is 20.2 Å². The van der Waals surface area contributed by atoms with Crippen LogP contribution in [0.5, 0.6) is 0 Å². The average molecular weight is 160 g/mol. The van der Waals surface area contributed by atoms with Crippen LogP contribution in [0.4, 0.5) is 0 Å². The molecule has 1 fully saturated rings. The second-order valence-corrected chi connectivity index (χ2v) is 4.66. The first-order valence-electron chi connectivity index (χ1n) is 3.88. The summed E-state index contributed by atoms with van der Waals surface area (Å²) < 4.78 is 0. The Kier molecular flexibility index (Phi) is 2.31. The fourth-order valence-corrected chi connectivity index (χ4v) is 1.73. The van der Waals surface area contributed by atoms with Gasteiger partial charge in [0, 0.05) is 5.25 Å². The highest BCUT2D eigenvalue weighted by molar-refractivity contribution is 7.80. The molecule has 0 bridgehead atoms. The molecule has 0 aromatic heterocycles. The maximum absolute atomic E-state index is 9.56. The summed E-state index contributed by atoms with van der Waals surface area (Å²) in [5, 5.41) is 9.98. The quantitative estimate of drug-likeness (QED) is 0.518. The minimum atomic E-state index is -0.149. The Labute approximate surface area is 68.2 Å². The normalized spacial score (nSPS) is 39.6. The van der Waals surface area contributed by atoms with Gasteiger partial charge in [-0.05, 0) is 24.7 Å². The van der Waals surface area contributed by atoms with Gasteiger partial charge >= 0.3 is 0 Å². The van der Waals surface area contributed by atoms with E-state index < -0.39 is 0 Å². The van der Waals surface area contributed by atoms with E-state index in [1.54, 1.807) is 0 Å². The third-order valence-electron chi connectivity index (χ3n) is 2.52. The Morgan fingerprint density at radius 3 is 2.50 bits per heavy atom. The lowest BCUT2D eigenvalue weighted by molar-refractivity contribution is 0.0162. The molecule has 0 spiro atoms. The number of aliphatic hydroxyl groups is 1. The van der Waals surface area contributed by atoms with Crippen LogP contribution in [0, 0.1) is 5.41 Å². The van der Waals surface area contributed by atoms with Gasteiger partial charge in [-0.25, -0.2) is 0 Å². The van der Waals surface area contributed by atoms with Gasteiger partial charge in [-0.3, -0.25) is 0 Å². The third-order valence-corrected chi connectivity index (χ3v) is 2.99. The summed E-state index contributed by atoms with van der Waals surface area (Å²) in [6.07, 6.45) is 2.95. The van der Waals surface area contributed by atoms with Crippen molar-refractivity contribution in [3.8, 4) is 0 Å². The lowest BCUT2D eigenvalue weighted by Crippen LogP contribution is -2.36. The van der Waals surface area contributed by atoms with Crippen LogP contribution in [0.1, 0.15) is 33.1 Å². The summed E-state index contributed by atoms with van der Waals surface area (Å²) in [5.74, 6) is 0. The Hall–Kier alpha value is 0.310. The van der Waals surface area contributed by atoms with Crippen molar-refractivity contribution in [1.82, 2.24) is 0 Å². The summed E-state index contributed by atoms with van der Waals surface area (Å²) in [4.78, 5) is 0. The lowest BCUT2D eigenvalue weighted by Gasteiger charge is -2.37. The minimum absolute atomic E-state index is 0.124. The Bertz CT molecular complexity index is 122. The number of thiol groups is 1. The van der Waals surface area contributed by atoms with Gasteiger partial charge in [-0.2, -0.15) is 12.6 Å². The molecular formula is C8H16OS. The van der Waals surface area contributed by atoms with Crippen molar-refractivity contribution < 1.29 is 5.11 Å². The average Bonchev–Trinajstić information content (AvgIpc) is 1.81. The van der Waals surface area contributed by atoms with E-state index in [0.29, 0.717) is 5.25 Å². The van der Waals surface area contributed by atoms with Gasteiger partial charge in [-0.1, -0.05) is 13.8 Å². The van der Waals surface area contributed by atoms with E-state index in [0.717, 1.165) is 19.3 Å². The van der Waals surface area contributed by atoms with Crippen molar-refractivity contribution in [2.45, 2.75) is 44.5 Å². The number of rotatable bonds is 0. The summed E-state index contributed by atoms with van der Waals surface area (Å²) in [5.41, 5.74) is 0.124. The molecular weight excluding hydrogens is 144 g/mol. The van der Waals surface area contributed by atoms with Gasteiger partial charge in [-0.15, -0.1) is 0 Å². The van der Waals surface area contributed by atoms with Crippen LogP contribution in [0.2, 0.25) is 0 Å². The minimum Gasteiger partial charge on any atom is -0.393 e. The zero-order chi connectivity index (χ0) is 7.78. The first kappa shape index (κ1) is 8.41. The van der Waals surface area contributed by atoms with Gasteiger partial charge in [0.2, 0.25) is 0 Å². The summed E-state index contributed by atoms with van der Waals surface area (Å²) in [6.45, 7) is 4.24. The summed E-state index contributed by atoms with van der Waals surface area (Å²) >= 11 is 4.34. The number of aliphatic hydroxyl groups excluding tert-OH is 1. The molecule has 1 saturated carbocycles. The zero-order valence-electron chi connectivity index (χ0n) is 6.67. The molecule has 10 heavy (non-hydrogen) atoms. The van der Waals surface area contributed by atoms with Crippen molar-refractivity contribution in [2.75, 3.05) is 0 Å². The van der Waals surface area contributed by atoms with E-state index in [1.165, 1.54) is 0 Å². The highest BCUT2D eigenvalue weighted by Gasteiger charge is 2.33. The van der Waals surface area contributed by atoms with Gasteiger partial charge < -0.3 is 5.11 Å². The predicted molar refractivity (Wildman–Crippen MR) is 46.4 cm³/mol. The Balaban J connectivity index is 2.52. The molecule has 1 nitrogen and oxygen atoms in total. The summed E-state index contributed by atoms with van der Waals surface area (Å²) in [7, 11) is 0. The van der Waals surface area contributed by atoms with Crippen LogP contribution in [0.25, 0.3) is 0 Å². The standard InChI is InChI=1S/C8H16OS/c1-8(2)4-3-6(10)5-7(8)9/h6-7,9-10H,3-5H2,1-2H3. The van der Waals surface area contributed by atoms with E-state index in [9.17, 15) is 5.11 Å². The van der Waals surface area contributed by atoms with Crippen molar-refractivity contribution in [1.29, 1.82) is 0 Å². The molecule has 0 aromatic rings. The molecule has 1 aliphatic rings. The lowest BCUT2D eigenvalue weighted by atomic mass is 9.75. The molecule has 2 atom stereocenters. The molecule has 1 aliphatic carbocycles. The van der Waals surface area contributed by atoms with Crippen LogP contribution >= 0.6 is 12.6 Å². The van der Waals surface area contributed by atoms with Gasteiger partial charge in [0.05, 0.1) is 6.10 Å². The van der Waals surface area contributed by atoms with E-state index >= 15 is 0 Å². The van der Waals surface area contributed by atoms with E-state index in [-0.39, 0.29) is 11.5 Å². The van der Waals surface area contributed by atoms with Crippen LogP contribution in [-0.2, 0) is 0 Å². The van der Waals surface area contributed by atoms with Crippen LogP contribution in [-0.4, -0.2) is 16.5 Å². The molecule has 0 saturated heterocycles. The van der Waals surface area contributed by atoms with Gasteiger partial charge in [0.15, 0.2) is 0 Å². The molecule has 0 aromatic carbocycles. The first-order chi connectivity index (χ1) is 4.52. The maximum Gasteiger partial charge on any atom is 0.0601 e. The van der Waals surface area contributed by atoms with E-state index in [4.69, 9.17) is 0 Å². The largest absolute Gasteiger partial charge is 0.393 e. The molecule has 0 heterocycles. The second kappa shape index (κ2) is 2.74. The third kappa shape index (κ3) is 1.67. The fraction of sp³-hybridized carbons (Fsp3) is 1.00. The molecule has 1 rings (SSSR count). The monoisotopic (exact) mass is 160 g/mol. The summed E-state index contributed by atoms with van der Waals surface area (Å²) in [6, 6.07) is 0. The number of hydrogen-bond acceptors (Lipinski definition) is 2. The molecule has 2 unspecified atom stereocenters. The van der Waals surface area contributed by atoms with Crippen molar-refractivity contribution in [3.05, 3.63) is 0 Å². The van der Waals surface area contributed by atoms with E-state index in [1.807, 2.05) is 0 Å². The zero-order valence-corrected chi connectivity index (χ0v) is 7.56. The molecule has 60 valence electrons. The molecule has 0 amide bonds. The Morgan fingerprint density at radius 1 is 1.50 bits per heavy atom. The van der Waals surface area contributed by atoms with Crippen LogP contribution in [0.3, 0.4) is 0 Å². The number of hydrogen-bond donors (Lipinski definition) is 2. The van der Waals surface area contributed by atoms with Crippen LogP contribution < -0.4 is 0 Å². The smallest absolute Gasteiger partial charge is 0.0601 e. The highest BCUT2D eigenvalue weighted by Crippen LogP contribution is 2.37. The SMILES string of the molecule is CC1(C)CCC(S)CC1O.